The molecule has 0 bridgehead atoms. The van der Waals surface area contributed by atoms with Gasteiger partial charge in [0.2, 0.25) is 0 Å². The van der Waals surface area contributed by atoms with Gasteiger partial charge in [0.1, 0.15) is 24.5 Å². The Morgan fingerprint density at radius 3 is 2.81 bits per heavy atom. The number of hydrogen-bond donors (Lipinski definition) is 2. The highest BCUT2D eigenvalue weighted by molar-refractivity contribution is 5.80. The highest BCUT2D eigenvalue weighted by Crippen LogP contribution is 2.25. The monoisotopic (exact) mass is 358 g/mol. The maximum atomic E-state index is 4.85. The minimum absolute atomic E-state index is 0.460. The number of nitrogens with zero attached hydrogens (tertiary/aromatic N) is 6. The first-order chi connectivity index (χ1) is 12.7. The van der Waals surface area contributed by atoms with Crippen molar-refractivity contribution in [1.82, 2.24) is 34.9 Å². The molecule has 2 aromatic rings. The largest absolute Gasteiger partial charge is 0.357 e. The molecule has 0 radical (unpaired) electrons. The van der Waals surface area contributed by atoms with E-state index in [1.807, 2.05) is 12.4 Å². The van der Waals surface area contributed by atoms with Crippen LogP contribution in [0.4, 0.5) is 0 Å². The van der Waals surface area contributed by atoms with Crippen molar-refractivity contribution < 1.29 is 0 Å². The van der Waals surface area contributed by atoms with E-state index in [4.69, 9.17) is 4.99 Å². The Kier molecular flexibility index (Phi) is 6.25. The van der Waals surface area contributed by atoms with Gasteiger partial charge in [-0.05, 0) is 25.7 Å². The number of aromatic amines is 1. The fourth-order valence-electron chi connectivity index (χ4n) is 3.40. The van der Waals surface area contributed by atoms with E-state index in [9.17, 15) is 0 Å². The molecule has 26 heavy (non-hydrogen) atoms. The average molecular weight is 358 g/mol. The molecule has 0 atom stereocenters. The number of imidazole rings is 1. The molecule has 1 aliphatic rings. The van der Waals surface area contributed by atoms with Crippen LogP contribution < -0.4 is 5.32 Å². The number of piperidine rings is 1. The smallest absolute Gasteiger partial charge is 0.194 e. The fourth-order valence-corrected chi connectivity index (χ4v) is 3.40. The SMILES string of the molecule is CCNC(=NCc1nccn1CC(C)C)N1CCC(c2ncn[nH]2)CC1. The van der Waals surface area contributed by atoms with Gasteiger partial charge in [0.05, 0.1) is 0 Å². The standard InChI is InChI=1S/C18H30N8/c1-4-19-18(21-11-16-20-7-10-26(16)12-14(2)3)25-8-5-15(6-9-25)17-22-13-23-24-17/h7,10,13-15H,4-6,8-9,11-12H2,1-3H3,(H,19,21)(H,22,23,24). The number of H-pyrrole nitrogens is 1. The number of aliphatic imine (C=N–C) groups is 1. The Morgan fingerprint density at radius 1 is 1.35 bits per heavy atom. The summed E-state index contributed by atoms with van der Waals surface area (Å²) < 4.78 is 2.20. The van der Waals surface area contributed by atoms with Crippen LogP contribution in [-0.4, -0.2) is 55.2 Å². The van der Waals surface area contributed by atoms with Gasteiger partial charge in [-0.15, -0.1) is 0 Å². The molecule has 0 aliphatic carbocycles. The third-order valence-electron chi connectivity index (χ3n) is 4.68. The summed E-state index contributed by atoms with van der Waals surface area (Å²) in [6.45, 7) is 10.9. The molecular weight excluding hydrogens is 328 g/mol. The lowest BCUT2D eigenvalue weighted by atomic mass is 9.96. The molecule has 142 valence electrons. The first-order valence-electron chi connectivity index (χ1n) is 9.56. The maximum Gasteiger partial charge on any atom is 0.194 e. The van der Waals surface area contributed by atoms with E-state index in [1.54, 1.807) is 6.33 Å². The number of rotatable bonds is 6. The van der Waals surface area contributed by atoms with Crippen molar-refractivity contribution in [3.05, 3.63) is 30.4 Å². The number of nitrogens with one attached hydrogen (secondary N) is 2. The molecule has 8 heteroatoms. The topological polar surface area (TPSA) is 87.0 Å². The van der Waals surface area contributed by atoms with Crippen molar-refractivity contribution in [2.75, 3.05) is 19.6 Å². The van der Waals surface area contributed by atoms with Gasteiger partial charge in [-0.25, -0.2) is 15.0 Å². The van der Waals surface area contributed by atoms with Gasteiger partial charge in [0, 0.05) is 44.5 Å². The van der Waals surface area contributed by atoms with E-state index in [-0.39, 0.29) is 0 Å². The summed E-state index contributed by atoms with van der Waals surface area (Å²) in [6.07, 6.45) is 7.61. The van der Waals surface area contributed by atoms with Crippen molar-refractivity contribution in [3.8, 4) is 0 Å². The van der Waals surface area contributed by atoms with Crippen LogP contribution >= 0.6 is 0 Å². The lowest BCUT2D eigenvalue weighted by molar-refractivity contribution is 0.298. The summed E-state index contributed by atoms with van der Waals surface area (Å²) in [5, 5.41) is 10.4. The van der Waals surface area contributed by atoms with Gasteiger partial charge in [0.15, 0.2) is 5.96 Å². The highest BCUT2D eigenvalue weighted by atomic mass is 15.3. The molecule has 1 saturated heterocycles. The molecule has 1 aliphatic heterocycles. The number of guanidine groups is 1. The highest BCUT2D eigenvalue weighted by Gasteiger charge is 2.24. The molecule has 8 nitrogen and oxygen atoms in total. The predicted molar refractivity (Wildman–Crippen MR) is 102 cm³/mol. The fraction of sp³-hybridized carbons (Fsp3) is 0.667. The van der Waals surface area contributed by atoms with Crippen LogP contribution in [0.2, 0.25) is 0 Å². The van der Waals surface area contributed by atoms with Gasteiger partial charge in [0.25, 0.3) is 0 Å². The zero-order valence-corrected chi connectivity index (χ0v) is 16.0. The Bertz CT molecular complexity index is 680. The Morgan fingerprint density at radius 2 is 2.15 bits per heavy atom. The lowest BCUT2D eigenvalue weighted by Crippen LogP contribution is -2.45. The second-order valence-corrected chi connectivity index (χ2v) is 7.19. The van der Waals surface area contributed by atoms with Crippen molar-refractivity contribution in [3.63, 3.8) is 0 Å². The molecule has 2 N–H and O–H groups in total. The molecule has 0 unspecified atom stereocenters. The van der Waals surface area contributed by atoms with E-state index < -0.39 is 0 Å². The second-order valence-electron chi connectivity index (χ2n) is 7.19. The molecule has 0 spiro atoms. The minimum atomic E-state index is 0.460. The van der Waals surface area contributed by atoms with Gasteiger partial charge >= 0.3 is 0 Å². The molecule has 0 aromatic carbocycles. The maximum absolute atomic E-state index is 4.85. The predicted octanol–water partition coefficient (Wildman–Crippen LogP) is 2.00. The van der Waals surface area contributed by atoms with Crippen LogP contribution in [-0.2, 0) is 13.1 Å². The third-order valence-corrected chi connectivity index (χ3v) is 4.68. The second kappa shape index (κ2) is 8.82. The van der Waals surface area contributed by atoms with Crippen LogP contribution in [0.15, 0.2) is 23.7 Å². The number of aromatic nitrogens is 5. The van der Waals surface area contributed by atoms with Gasteiger partial charge < -0.3 is 14.8 Å². The van der Waals surface area contributed by atoms with Crippen molar-refractivity contribution in [1.29, 1.82) is 0 Å². The Balaban J connectivity index is 1.62. The first-order valence-corrected chi connectivity index (χ1v) is 9.56. The van der Waals surface area contributed by atoms with Gasteiger partial charge in [-0.2, -0.15) is 5.10 Å². The summed E-state index contributed by atoms with van der Waals surface area (Å²) in [5.74, 6) is 4.05. The number of hydrogen-bond acceptors (Lipinski definition) is 4. The van der Waals surface area contributed by atoms with Crippen molar-refractivity contribution in [2.24, 2.45) is 10.9 Å². The minimum Gasteiger partial charge on any atom is -0.357 e. The van der Waals surface area contributed by atoms with Crippen molar-refractivity contribution >= 4 is 5.96 Å². The van der Waals surface area contributed by atoms with Gasteiger partial charge in [-0.3, -0.25) is 5.10 Å². The summed E-state index contributed by atoms with van der Waals surface area (Å²) in [7, 11) is 0. The molecule has 3 rings (SSSR count). The van der Waals surface area contributed by atoms with E-state index in [0.717, 1.165) is 56.6 Å². The summed E-state index contributed by atoms with van der Waals surface area (Å²) in [5.41, 5.74) is 0. The van der Waals surface area contributed by atoms with Crippen LogP contribution in [0.3, 0.4) is 0 Å². The van der Waals surface area contributed by atoms with Crippen LogP contribution in [0.5, 0.6) is 0 Å². The first kappa shape index (κ1) is 18.4. The van der Waals surface area contributed by atoms with E-state index in [0.29, 0.717) is 18.4 Å². The molecule has 3 heterocycles. The van der Waals surface area contributed by atoms with Crippen LogP contribution in [0.1, 0.15) is 51.2 Å². The summed E-state index contributed by atoms with van der Waals surface area (Å²) >= 11 is 0. The van der Waals surface area contributed by atoms with Gasteiger partial charge in [-0.1, -0.05) is 13.8 Å². The van der Waals surface area contributed by atoms with E-state index in [1.165, 1.54) is 0 Å². The zero-order valence-electron chi connectivity index (χ0n) is 16.0. The summed E-state index contributed by atoms with van der Waals surface area (Å²) in [4.78, 5) is 16.0. The average Bonchev–Trinajstić information content (AvgIpc) is 3.30. The van der Waals surface area contributed by atoms with E-state index >= 15 is 0 Å². The quantitative estimate of drug-likeness (QED) is 0.609. The summed E-state index contributed by atoms with van der Waals surface area (Å²) in [6, 6.07) is 0. The molecule has 2 aromatic heterocycles. The molecule has 1 fully saturated rings. The van der Waals surface area contributed by atoms with E-state index in [2.05, 4.69) is 55.7 Å². The molecule has 0 amide bonds. The zero-order chi connectivity index (χ0) is 18.4. The third kappa shape index (κ3) is 4.62. The van der Waals surface area contributed by atoms with Crippen LogP contribution in [0, 0.1) is 5.92 Å². The van der Waals surface area contributed by atoms with Crippen molar-refractivity contribution in [2.45, 2.75) is 52.6 Å². The molecular formula is C18H30N8. The number of likely N-dealkylation sites (tertiary alicyclic amines) is 1. The molecule has 0 saturated carbocycles. The van der Waals surface area contributed by atoms with Crippen LogP contribution in [0.25, 0.3) is 0 Å². The Hall–Kier alpha value is -2.38. The lowest BCUT2D eigenvalue weighted by Gasteiger charge is -2.33. The Labute approximate surface area is 155 Å². The normalized spacial score (nSPS) is 16.5.